The summed E-state index contributed by atoms with van der Waals surface area (Å²) in [6, 6.07) is 0.202. The average Bonchev–Trinajstić information content (AvgIpc) is 2.98. The van der Waals surface area contributed by atoms with Crippen molar-refractivity contribution in [2.75, 3.05) is 6.54 Å². The Labute approximate surface area is 145 Å². The third kappa shape index (κ3) is 3.48. The quantitative estimate of drug-likeness (QED) is 0.552. The van der Waals surface area contributed by atoms with Gasteiger partial charge in [0.1, 0.15) is 11.5 Å². The van der Waals surface area contributed by atoms with Gasteiger partial charge in [-0.2, -0.15) is 5.10 Å². The van der Waals surface area contributed by atoms with Crippen LogP contribution >= 0.6 is 12.2 Å². The molecular formula is C16H23N5O2S. The molecule has 0 spiro atoms. The molecule has 3 N–H and O–H groups in total. The summed E-state index contributed by atoms with van der Waals surface area (Å²) >= 11 is 5.21. The van der Waals surface area contributed by atoms with E-state index < -0.39 is 0 Å². The summed E-state index contributed by atoms with van der Waals surface area (Å²) in [5, 5.41) is 9.85. The van der Waals surface area contributed by atoms with Crippen molar-refractivity contribution >= 4 is 23.9 Å². The highest BCUT2D eigenvalue weighted by Crippen LogP contribution is 2.18. The maximum Gasteiger partial charge on any atom is 0.268 e. The van der Waals surface area contributed by atoms with E-state index in [1.165, 1.54) is 6.92 Å². The number of aromatic nitrogens is 4. The first-order valence-electron chi connectivity index (χ1n) is 7.88. The molecule has 0 aliphatic rings. The Hall–Kier alpha value is -2.22. The van der Waals surface area contributed by atoms with Crippen molar-refractivity contribution < 1.29 is 9.59 Å². The van der Waals surface area contributed by atoms with E-state index in [1.807, 2.05) is 18.4 Å². The number of amides is 1. The summed E-state index contributed by atoms with van der Waals surface area (Å²) in [4.78, 5) is 27.0. The first-order valence-corrected chi connectivity index (χ1v) is 8.29. The van der Waals surface area contributed by atoms with Crippen LogP contribution in [-0.2, 0) is 6.42 Å². The number of rotatable bonds is 6. The Balaban J connectivity index is 2.06. The van der Waals surface area contributed by atoms with Crippen molar-refractivity contribution in [1.82, 2.24) is 25.1 Å². The number of aryl methyl sites for hydroxylation is 1. The van der Waals surface area contributed by atoms with Gasteiger partial charge in [0.2, 0.25) is 0 Å². The van der Waals surface area contributed by atoms with Crippen LogP contribution < -0.4 is 5.32 Å². The van der Waals surface area contributed by atoms with E-state index in [2.05, 4.69) is 20.5 Å². The Morgan fingerprint density at radius 1 is 1.33 bits per heavy atom. The summed E-state index contributed by atoms with van der Waals surface area (Å²) in [6.45, 7) is 9.56. The van der Waals surface area contributed by atoms with Crippen molar-refractivity contribution in [3.05, 3.63) is 33.1 Å². The number of nitrogens with zero attached hydrogens (tertiary/aromatic N) is 2. The Bertz CT molecular complexity index is 828. The van der Waals surface area contributed by atoms with Crippen molar-refractivity contribution in [3.8, 4) is 0 Å². The van der Waals surface area contributed by atoms with Crippen LogP contribution in [0.1, 0.15) is 64.7 Å². The van der Waals surface area contributed by atoms with Gasteiger partial charge in [-0.3, -0.25) is 14.7 Å². The molecule has 2 heterocycles. The summed E-state index contributed by atoms with van der Waals surface area (Å²) in [5.41, 5.74) is 2.41. The lowest BCUT2D eigenvalue weighted by Crippen LogP contribution is -2.27. The standard InChI is InChI=1S/C16H23N5O2S/c1-8(2)21-12(19-20-16(21)24)6-7-17-15(23)14-9(3)13(11(5)22)10(4)18-14/h8,18H,6-7H2,1-5H3,(H,17,23)(H,20,24). The molecule has 0 aliphatic heterocycles. The molecule has 1 amide bonds. The fraction of sp³-hybridized carbons (Fsp3) is 0.500. The van der Waals surface area contributed by atoms with Crippen LogP contribution in [0, 0.1) is 18.6 Å². The highest BCUT2D eigenvalue weighted by Gasteiger charge is 2.19. The number of carbonyl (C=O) groups excluding carboxylic acids is 2. The zero-order chi connectivity index (χ0) is 18.0. The topological polar surface area (TPSA) is 95.6 Å². The van der Waals surface area contributed by atoms with Gasteiger partial charge in [0.25, 0.3) is 5.91 Å². The lowest BCUT2D eigenvalue weighted by molar-refractivity contribution is 0.0948. The molecule has 130 valence electrons. The van der Waals surface area contributed by atoms with Crippen LogP contribution in [0.3, 0.4) is 0 Å². The van der Waals surface area contributed by atoms with Gasteiger partial charge >= 0.3 is 0 Å². The van der Waals surface area contributed by atoms with Gasteiger partial charge in [-0.05, 0) is 52.4 Å². The van der Waals surface area contributed by atoms with Crippen molar-refractivity contribution in [3.63, 3.8) is 0 Å². The lowest BCUT2D eigenvalue weighted by atomic mass is 10.1. The van der Waals surface area contributed by atoms with Gasteiger partial charge in [0.05, 0.1) is 0 Å². The molecule has 0 bridgehead atoms. The van der Waals surface area contributed by atoms with E-state index in [-0.39, 0.29) is 17.7 Å². The molecule has 0 saturated heterocycles. The van der Waals surface area contributed by atoms with Crippen molar-refractivity contribution in [2.45, 2.75) is 47.1 Å². The first kappa shape index (κ1) is 18.1. The smallest absolute Gasteiger partial charge is 0.268 e. The van der Waals surface area contributed by atoms with E-state index >= 15 is 0 Å². The number of Topliss-reactive ketones (excluding diaryl/α,β-unsaturated/α-hetero) is 1. The number of ketones is 1. The fourth-order valence-corrected chi connectivity index (χ4v) is 3.29. The summed E-state index contributed by atoms with van der Waals surface area (Å²) in [5.74, 6) is 0.528. The molecule has 24 heavy (non-hydrogen) atoms. The van der Waals surface area contributed by atoms with Gasteiger partial charge in [-0.25, -0.2) is 0 Å². The molecule has 0 fully saturated rings. The van der Waals surface area contributed by atoms with Crippen molar-refractivity contribution in [1.29, 1.82) is 0 Å². The van der Waals surface area contributed by atoms with E-state index in [0.717, 1.165) is 5.82 Å². The molecule has 0 aliphatic carbocycles. The number of hydrogen-bond donors (Lipinski definition) is 3. The van der Waals surface area contributed by atoms with E-state index in [0.29, 0.717) is 40.3 Å². The second-order valence-electron chi connectivity index (χ2n) is 6.10. The second-order valence-corrected chi connectivity index (χ2v) is 6.48. The maximum absolute atomic E-state index is 12.4. The number of hydrogen-bond acceptors (Lipinski definition) is 4. The third-order valence-corrected chi connectivity index (χ3v) is 4.23. The van der Waals surface area contributed by atoms with E-state index in [9.17, 15) is 9.59 Å². The van der Waals surface area contributed by atoms with Crippen LogP contribution in [0.5, 0.6) is 0 Å². The third-order valence-electron chi connectivity index (χ3n) is 3.94. The summed E-state index contributed by atoms with van der Waals surface area (Å²) in [6.07, 6.45) is 0.565. The highest BCUT2D eigenvalue weighted by molar-refractivity contribution is 7.71. The SMILES string of the molecule is CC(=O)c1c(C)[nH]c(C(=O)NCCc2n[nH]c(=S)n2C(C)C)c1C. The largest absolute Gasteiger partial charge is 0.354 e. The minimum Gasteiger partial charge on any atom is -0.354 e. The van der Waals surface area contributed by atoms with Gasteiger partial charge in [-0.15, -0.1) is 0 Å². The predicted molar refractivity (Wildman–Crippen MR) is 94.1 cm³/mol. The average molecular weight is 349 g/mol. The molecule has 0 atom stereocenters. The van der Waals surface area contributed by atoms with E-state index in [4.69, 9.17) is 12.2 Å². The van der Waals surface area contributed by atoms with Gasteiger partial charge < -0.3 is 14.9 Å². The van der Waals surface area contributed by atoms with Crippen molar-refractivity contribution in [2.24, 2.45) is 0 Å². The van der Waals surface area contributed by atoms with Crippen LogP contribution in [0.15, 0.2) is 0 Å². The molecule has 0 saturated carbocycles. The van der Waals surface area contributed by atoms with Crippen LogP contribution in [-0.4, -0.2) is 38.0 Å². The van der Waals surface area contributed by atoms with Crippen LogP contribution in [0.25, 0.3) is 0 Å². The Morgan fingerprint density at radius 3 is 2.54 bits per heavy atom. The van der Waals surface area contributed by atoms with Crippen LogP contribution in [0.2, 0.25) is 0 Å². The minimum absolute atomic E-state index is 0.0484. The fourth-order valence-electron chi connectivity index (χ4n) is 2.93. The number of aromatic amines is 2. The molecule has 2 aromatic rings. The number of H-pyrrole nitrogens is 2. The molecule has 7 nitrogen and oxygen atoms in total. The van der Waals surface area contributed by atoms with Gasteiger partial charge in [-0.1, -0.05) is 0 Å². The maximum atomic E-state index is 12.4. The summed E-state index contributed by atoms with van der Waals surface area (Å²) < 4.78 is 2.51. The molecule has 2 rings (SSSR count). The monoisotopic (exact) mass is 349 g/mol. The lowest BCUT2D eigenvalue weighted by Gasteiger charge is -2.10. The first-order chi connectivity index (χ1) is 11.2. The Morgan fingerprint density at radius 2 is 2.00 bits per heavy atom. The van der Waals surface area contributed by atoms with E-state index in [1.54, 1.807) is 13.8 Å². The molecule has 8 heteroatoms. The van der Waals surface area contributed by atoms with Gasteiger partial charge in [0.15, 0.2) is 10.6 Å². The normalized spacial score (nSPS) is 11.1. The molecule has 0 aromatic carbocycles. The zero-order valence-corrected chi connectivity index (χ0v) is 15.4. The summed E-state index contributed by atoms with van der Waals surface area (Å²) in [7, 11) is 0. The predicted octanol–water partition coefficient (Wildman–Crippen LogP) is 2.64. The van der Waals surface area contributed by atoms with Gasteiger partial charge in [0, 0.05) is 30.3 Å². The number of nitrogens with one attached hydrogen (secondary N) is 3. The second kappa shape index (κ2) is 7.12. The molecule has 0 radical (unpaired) electrons. The zero-order valence-electron chi connectivity index (χ0n) is 14.6. The molecule has 0 unspecified atom stereocenters. The molecular weight excluding hydrogens is 326 g/mol. The highest BCUT2D eigenvalue weighted by atomic mass is 32.1. The Kier molecular flexibility index (Phi) is 5.38. The number of carbonyl (C=O) groups is 2. The van der Waals surface area contributed by atoms with Crippen LogP contribution in [0.4, 0.5) is 0 Å². The minimum atomic E-state index is -0.228. The molecule has 2 aromatic heterocycles.